The van der Waals surface area contributed by atoms with Gasteiger partial charge in [0.15, 0.2) is 0 Å². The quantitative estimate of drug-likeness (QED) is 0.331. The van der Waals surface area contributed by atoms with Crippen molar-refractivity contribution < 1.29 is 17.9 Å². The molecule has 32 heavy (non-hydrogen) atoms. The van der Waals surface area contributed by atoms with Gasteiger partial charge in [0.2, 0.25) is 11.7 Å². The lowest BCUT2D eigenvalue weighted by Gasteiger charge is -2.13. The third kappa shape index (κ3) is 4.47. The summed E-state index contributed by atoms with van der Waals surface area (Å²) in [7, 11) is -4.08. The number of anilines is 1. The number of nitrogens with one attached hydrogen (secondary N) is 1. The van der Waals surface area contributed by atoms with Crippen LogP contribution in [0.2, 0.25) is 0 Å². The van der Waals surface area contributed by atoms with E-state index in [9.17, 15) is 18.5 Å². The van der Waals surface area contributed by atoms with Crippen molar-refractivity contribution in [3.63, 3.8) is 0 Å². The number of para-hydroxylation sites is 1. The van der Waals surface area contributed by atoms with Crippen molar-refractivity contribution in [2.24, 2.45) is 0 Å². The minimum Gasteiger partial charge on any atom is -0.339 e. The second-order valence-corrected chi connectivity index (χ2v) is 8.55. The van der Waals surface area contributed by atoms with E-state index in [2.05, 4.69) is 19.8 Å². The van der Waals surface area contributed by atoms with Crippen molar-refractivity contribution in [2.45, 2.75) is 18.2 Å². The molecule has 2 heterocycles. The number of hydrogen-bond acceptors (Lipinski definition) is 8. The Morgan fingerprint density at radius 2 is 1.94 bits per heavy atom. The number of hydrogen-bond donors (Lipinski definition) is 1. The Labute approximate surface area is 183 Å². The highest BCUT2D eigenvalue weighted by atomic mass is 32.2. The lowest BCUT2D eigenvalue weighted by molar-refractivity contribution is -0.385. The van der Waals surface area contributed by atoms with Crippen molar-refractivity contribution in [2.75, 3.05) is 4.72 Å². The first kappa shape index (κ1) is 21.1. The number of benzene rings is 2. The summed E-state index contributed by atoms with van der Waals surface area (Å²) in [4.78, 5) is 18.6. The molecule has 0 radical (unpaired) electrons. The van der Waals surface area contributed by atoms with E-state index in [-0.39, 0.29) is 17.0 Å². The van der Waals surface area contributed by atoms with Crippen molar-refractivity contribution in [3.05, 3.63) is 94.1 Å². The first-order valence-corrected chi connectivity index (χ1v) is 10.9. The molecule has 1 N–H and O–H groups in total. The van der Waals surface area contributed by atoms with E-state index < -0.39 is 14.9 Å². The molecule has 162 valence electrons. The normalized spacial score (nSPS) is 11.3. The lowest BCUT2D eigenvalue weighted by Crippen LogP contribution is -2.16. The molecule has 0 aliphatic carbocycles. The second kappa shape index (κ2) is 8.55. The highest BCUT2D eigenvalue weighted by Gasteiger charge is 2.22. The summed E-state index contributed by atoms with van der Waals surface area (Å²) in [5.74, 6) is 0.667. The maximum Gasteiger partial charge on any atom is 0.270 e. The van der Waals surface area contributed by atoms with Gasteiger partial charge in [-0.2, -0.15) is 4.98 Å². The van der Waals surface area contributed by atoms with Gasteiger partial charge in [-0.3, -0.25) is 19.8 Å². The van der Waals surface area contributed by atoms with E-state index in [1.807, 2.05) is 0 Å². The highest BCUT2D eigenvalue weighted by Crippen LogP contribution is 2.27. The number of non-ortho nitro benzene ring substituents is 1. The van der Waals surface area contributed by atoms with E-state index in [4.69, 9.17) is 4.52 Å². The zero-order chi connectivity index (χ0) is 22.7. The van der Waals surface area contributed by atoms with Crippen LogP contribution in [-0.4, -0.2) is 28.5 Å². The SMILES string of the molecule is Cc1ccc([N+](=O)[O-])cc1S(=O)(=O)Nc1ccccc1Cc1nc(-c2cccnc2)no1. The molecule has 0 aliphatic rings. The van der Waals surface area contributed by atoms with Gasteiger partial charge in [-0.25, -0.2) is 8.42 Å². The summed E-state index contributed by atoms with van der Waals surface area (Å²) >= 11 is 0. The fourth-order valence-corrected chi connectivity index (χ4v) is 4.43. The molecule has 0 spiro atoms. The summed E-state index contributed by atoms with van der Waals surface area (Å²) in [6, 6.07) is 14.0. The topological polar surface area (TPSA) is 141 Å². The van der Waals surface area contributed by atoms with E-state index in [1.165, 1.54) is 12.1 Å². The summed E-state index contributed by atoms with van der Waals surface area (Å²) in [6.07, 6.45) is 3.42. The number of pyridine rings is 1. The van der Waals surface area contributed by atoms with E-state index >= 15 is 0 Å². The van der Waals surface area contributed by atoms with Crippen LogP contribution in [-0.2, 0) is 16.4 Å². The van der Waals surface area contributed by atoms with Gasteiger partial charge in [-0.1, -0.05) is 29.4 Å². The maximum absolute atomic E-state index is 13.0. The molecule has 0 unspecified atom stereocenters. The third-order valence-corrected chi connectivity index (χ3v) is 6.17. The Balaban J connectivity index is 1.62. The number of nitro groups is 1. The van der Waals surface area contributed by atoms with E-state index in [0.29, 0.717) is 34.1 Å². The van der Waals surface area contributed by atoms with Crippen LogP contribution < -0.4 is 4.72 Å². The Morgan fingerprint density at radius 3 is 2.69 bits per heavy atom. The molecular weight excluding hydrogens is 434 g/mol. The zero-order valence-electron chi connectivity index (χ0n) is 16.8. The Bertz CT molecular complexity index is 1390. The van der Waals surface area contributed by atoms with E-state index in [1.54, 1.807) is 55.7 Å². The number of rotatable bonds is 7. The summed E-state index contributed by atoms with van der Waals surface area (Å²) in [5.41, 5.74) is 1.68. The average Bonchev–Trinajstić information content (AvgIpc) is 3.24. The van der Waals surface area contributed by atoms with Crippen LogP contribution in [0.4, 0.5) is 11.4 Å². The van der Waals surface area contributed by atoms with Crippen LogP contribution in [0.15, 0.2) is 76.4 Å². The molecule has 0 amide bonds. The van der Waals surface area contributed by atoms with Crippen LogP contribution in [0.25, 0.3) is 11.4 Å². The van der Waals surface area contributed by atoms with Crippen molar-refractivity contribution >= 4 is 21.4 Å². The molecular formula is C21H17N5O5S. The van der Waals surface area contributed by atoms with Crippen LogP contribution in [0.1, 0.15) is 17.0 Å². The van der Waals surface area contributed by atoms with E-state index in [0.717, 1.165) is 6.07 Å². The first-order chi connectivity index (χ1) is 15.3. The van der Waals surface area contributed by atoms with Gasteiger partial charge in [-0.05, 0) is 36.2 Å². The largest absolute Gasteiger partial charge is 0.339 e. The van der Waals surface area contributed by atoms with Crippen LogP contribution in [0.3, 0.4) is 0 Å². The molecule has 4 aromatic rings. The second-order valence-electron chi connectivity index (χ2n) is 6.90. The fraction of sp³-hybridized carbons (Fsp3) is 0.0952. The third-order valence-electron chi connectivity index (χ3n) is 4.66. The van der Waals surface area contributed by atoms with Gasteiger partial charge in [0.1, 0.15) is 0 Å². The minimum atomic E-state index is -4.08. The standard InChI is InChI=1S/C21H17N5O5S/c1-14-8-9-17(26(27)28)12-19(14)32(29,30)25-18-7-3-2-5-15(18)11-20-23-21(24-31-20)16-6-4-10-22-13-16/h2-10,12-13,25H,11H2,1H3. The molecule has 2 aromatic carbocycles. The fourth-order valence-electron chi connectivity index (χ4n) is 3.07. The van der Waals surface area contributed by atoms with Gasteiger partial charge >= 0.3 is 0 Å². The Morgan fingerprint density at radius 1 is 1.12 bits per heavy atom. The molecule has 10 nitrogen and oxygen atoms in total. The number of aromatic nitrogens is 3. The van der Waals surface area contributed by atoms with Gasteiger partial charge in [0.05, 0.1) is 21.9 Å². The molecule has 0 aliphatic heterocycles. The highest BCUT2D eigenvalue weighted by molar-refractivity contribution is 7.92. The van der Waals surface area contributed by atoms with Crippen LogP contribution >= 0.6 is 0 Å². The van der Waals surface area contributed by atoms with Gasteiger partial charge in [-0.15, -0.1) is 0 Å². The zero-order valence-corrected chi connectivity index (χ0v) is 17.6. The van der Waals surface area contributed by atoms with Crippen LogP contribution in [0.5, 0.6) is 0 Å². The Hall–Kier alpha value is -4.12. The number of aryl methyl sites for hydroxylation is 1. The average molecular weight is 451 g/mol. The first-order valence-electron chi connectivity index (χ1n) is 9.42. The molecule has 0 atom stereocenters. The van der Waals surface area contributed by atoms with Gasteiger partial charge < -0.3 is 4.52 Å². The summed E-state index contributed by atoms with van der Waals surface area (Å²) < 4.78 is 33.8. The molecule has 2 aromatic heterocycles. The molecule has 0 bridgehead atoms. The van der Waals surface area contributed by atoms with Crippen LogP contribution in [0, 0.1) is 17.0 Å². The minimum absolute atomic E-state index is 0.168. The number of nitro benzene ring substituents is 1. The van der Waals surface area contributed by atoms with Crippen molar-refractivity contribution in [3.8, 4) is 11.4 Å². The molecule has 0 saturated heterocycles. The lowest BCUT2D eigenvalue weighted by atomic mass is 10.1. The number of sulfonamides is 1. The predicted molar refractivity (Wildman–Crippen MR) is 115 cm³/mol. The molecule has 4 rings (SSSR count). The molecule has 0 saturated carbocycles. The van der Waals surface area contributed by atoms with Crippen molar-refractivity contribution in [1.82, 2.24) is 15.1 Å². The smallest absolute Gasteiger partial charge is 0.270 e. The van der Waals surface area contributed by atoms with Crippen molar-refractivity contribution in [1.29, 1.82) is 0 Å². The van der Waals surface area contributed by atoms with Gasteiger partial charge in [0, 0.05) is 30.1 Å². The molecule has 11 heteroatoms. The maximum atomic E-state index is 13.0. The predicted octanol–water partition coefficient (Wildman–Crippen LogP) is 3.74. The Kier molecular flexibility index (Phi) is 5.65. The number of nitrogens with zero attached hydrogens (tertiary/aromatic N) is 4. The summed E-state index contributed by atoms with van der Waals surface area (Å²) in [5, 5.41) is 15.0. The molecule has 0 fully saturated rings. The van der Waals surface area contributed by atoms with Gasteiger partial charge in [0.25, 0.3) is 15.7 Å². The summed E-state index contributed by atoms with van der Waals surface area (Å²) in [6.45, 7) is 1.57. The monoisotopic (exact) mass is 451 g/mol.